The van der Waals surface area contributed by atoms with Crippen LogP contribution in [0.1, 0.15) is 33.6 Å². The maximum atomic E-state index is 13.0. The van der Waals surface area contributed by atoms with Gasteiger partial charge in [-0.15, -0.1) is 0 Å². The van der Waals surface area contributed by atoms with Crippen LogP contribution in [-0.2, 0) is 7.05 Å². The highest BCUT2D eigenvalue weighted by Gasteiger charge is 2.22. The minimum absolute atomic E-state index is 0.0581. The zero-order valence-electron chi connectivity index (χ0n) is 14.8. The zero-order chi connectivity index (χ0) is 17.6. The average Bonchev–Trinajstić information content (AvgIpc) is 3.24. The van der Waals surface area contributed by atoms with E-state index in [0.717, 1.165) is 35.0 Å². The summed E-state index contributed by atoms with van der Waals surface area (Å²) >= 11 is 0. The quantitative estimate of drug-likeness (QED) is 0.780. The Kier molecular flexibility index (Phi) is 3.71. The fraction of sp³-hybridized carbons (Fsp3) is 0.300. The van der Waals surface area contributed by atoms with E-state index in [9.17, 15) is 4.79 Å². The summed E-state index contributed by atoms with van der Waals surface area (Å²) in [7, 11) is 1.91. The number of benzene rings is 1. The maximum absolute atomic E-state index is 13.0. The smallest absolute Gasteiger partial charge is 0.270 e. The van der Waals surface area contributed by atoms with Gasteiger partial charge in [0.15, 0.2) is 0 Å². The molecule has 1 aliphatic rings. The molecule has 5 nitrogen and oxygen atoms in total. The van der Waals surface area contributed by atoms with Crippen LogP contribution in [0.2, 0.25) is 0 Å². The lowest BCUT2D eigenvalue weighted by Gasteiger charge is -2.26. The van der Waals surface area contributed by atoms with Gasteiger partial charge in [-0.25, -0.2) is 0 Å². The summed E-state index contributed by atoms with van der Waals surface area (Å²) in [4.78, 5) is 18.2. The number of fused-ring (bicyclic) bond motifs is 1. The molecule has 0 fully saturated rings. The molecule has 0 radical (unpaired) electrons. The van der Waals surface area contributed by atoms with Crippen molar-refractivity contribution in [3.63, 3.8) is 0 Å². The lowest BCUT2D eigenvalue weighted by atomic mass is 10.0. The average molecular weight is 334 g/mol. The highest BCUT2D eigenvalue weighted by atomic mass is 16.2. The summed E-state index contributed by atoms with van der Waals surface area (Å²) in [5.74, 6) is 0.0581. The molecule has 0 bridgehead atoms. The lowest BCUT2D eigenvalue weighted by molar-refractivity contribution is 0.0770. The van der Waals surface area contributed by atoms with Crippen molar-refractivity contribution < 1.29 is 4.79 Å². The van der Waals surface area contributed by atoms with Crippen molar-refractivity contribution in [2.24, 2.45) is 7.05 Å². The summed E-state index contributed by atoms with van der Waals surface area (Å²) in [5.41, 5.74) is 6.40. The number of H-pyrrole nitrogens is 1. The number of aromatic amines is 1. The van der Waals surface area contributed by atoms with Crippen molar-refractivity contribution in [1.82, 2.24) is 19.7 Å². The molecular formula is C20H22N4O. The predicted octanol–water partition coefficient (Wildman–Crippen LogP) is 3.45. The minimum atomic E-state index is 0.0581. The second-order valence-corrected chi connectivity index (χ2v) is 6.80. The van der Waals surface area contributed by atoms with E-state index in [-0.39, 0.29) is 5.91 Å². The van der Waals surface area contributed by atoms with E-state index in [4.69, 9.17) is 0 Å². The maximum Gasteiger partial charge on any atom is 0.270 e. The first-order valence-corrected chi connectivity index (χ1v) is 8.59. The van der Waals surface area contributed by atoms with E-state index in [1.165, 1.54) is 11.1 Å². The van der Waals surface area contributed by atoms with Crippen LogP contribution < -0.4 is 0 Å². The van der Waals surface area contributed by atoms with Gasteiger partial charge in [0, 0.05) is 42.8 Å². The molecular weight excluding hydrogens is 312 g/mol. The fourth-order valence-corrected chi connectivity index (χ4v) is 3.46. The second kappa shape index (κ2) is 5.92. The van der Waals surface area contributed by atoms with Gasteiger partial charge in [0.05, 0.1) is 6.20 Å². The Bertz CT molecular complexity index is 992. The van der Waals surface area contributed by atoms with E-state index < -0.39 is 0 Å². The van der Waals surface area contributed by atoms with Crippen LogP contribution >= 0.6 is 0 Å². The number of carbonyl (C=O) groups is 1. The highest BCUT2D eigenvalue weighted by Crippen LogP contribution is 2.25. The van der Waals surface area contributed by atoms with Crippen molar-refractivity contribution >= 4 is 22.4 Å². The number of hydrogen-bond acceptors (Lipinski definition) is 2. The molecule has 5 heteroatoms. The Morgan fingerprint density at radius 2 is 2.12 bits per heavy atom. The summed E-state index contributed by atoms with van der Waals surface area (Å²) < 4.78 is 1.79. The van der Waals surface area contributed by atoms with E-state index in [1.807, 2.05) is 36.5 Å². The van der Waals surface area contributed by atoms with E-state index in [2.05, 4.69) is 36.1 Å². The van der Waals surface area contributed by atoms with Gasteiger partial charge in [-0.05, 0) is 49.1 Å². The molecule has 1 amide bonds. The number of aryl methyl sites for hydroxylation is 3. The second-order valence-electron chi connectivity index (χ2n) is 6.80. The SMILES string of the molecule is Cc1ccc2[nH]c(C(=O)N3CCC=C(c4cnn(C)c4)C3)cc2c1C. The monoisotopic (exact) mass is 334 g/mol. The molecule has 3 aromatic rings. The first-order valence-electron chi connectivity index (χ1n) is 8.59. The summed E-state index contributed by atoms with van der Waals surface area (Å²) in [6.45, 7) is 5.57. The van der Waals surface area contributed by atoms with Crippen LogP contribution in [0, 0.1) is 13.8 Å². The van der Waals surface area contributed by atoms with Gasteiger partial charge in [0.2, 0.25) is 0 Å². The molecule has 0 saturated carbocycles. The first-order chi connectivity index (χ1) is 12.0. The van der Waals surface area contributed by atoms with Crippen molar-refractivity contribution in [3.8, 4) is 0 Å². The molecule has 0 atom stereocenters. The molecule has 4 rings (SSSR count). The number of carbonyl (C=O) groups excluding carboxylic acids is 1. The van der Waals surface area contributed by atoms with E-state index in [0.29, 0.717) is 12.2 Å². The highest BCUT2D eigenvalue weighted by molar-refractivity contribution is 5.99. The van der Waals surface area contributed by atoms with Crippen molar-refractivity contribution in [2.45, 2.75) is 20.3 Å². The molecule has 1 aliphatic heterocycles. The van der Waals surface area contributed by atoms with Gasteiger partial charge in [0.1, 0.15) is 5.69 Å². The van der Waals surface area contributed by atoms with Crippen LogP contribution in [0.15, 0.2) is 36.7 Å². The van der Waals surface area contributed by atoms with Gasteiger partial charge in [0.25, 0.3) is 5.91 Å². The summed E-state index contributed by atoms with van der Waals surface area (Å²) in [6.07, 6.45) is 6.93. The van der Waals surface area contributed by atoms with Gasteiger partial charge in [-0.2, -0.15) is 5.10 Å². The number of amides is 1. The van der Waals surface area contributed by atoms with Crippen molar-refractivity contribution in [2.75, 3.05) is 13.1 Å². The Morgan fingerprint density at radius 1 is 1.28 bits per heavy atom. The molecule has 0 saturated heterocycles. The normalized spacial score (nSPS) is 14.8. The molecule has 1 N–H and O–H groups in total. The molecule has 0 aliphatic carbocycles. The first kappa shape index (κ1) is 15.7. The number of hydrogen-bond donors (Lipinski definition) is 1. The van der Waals surface area contributed by atoms with Crippen LogP contribution in [0.25, 0.3) is 16.5 Å². The number of nitrogens with one attached hydrogen (secondary N) is 1. The Balaban J connectivity index is 1.61. The Morgan fingerprint density at radius 3 is 2.88 bits per heavy atom. The topological polar surface area (TPSA) is 53.9 Å². The summed E-state index contributed by atoms with van der Waals surface area (Å²) in [6, 6.07) is 6.13. The van der Waals surface area contributed by atoms with Gasteiger partial charge >= 0.3 is 0 Å². The zero-order valence-corrected chi connectivity index (χ0v) is 14.8. The fourth-order valence-electron chi connectivity index (χ4n) is 3.46. The molecule has 128 valence electrons. The number of rotatable bonds is 2. The Hall–Kier alpha value is -2.82. The lowest BCUT2D eigenvalue weighted by Crippen LogP contribution is -2.35. The molecule has 25 heavy (non-hydrogen) atoms. The van der Waals surface area contributed by atoms with Crippen molar-refractivity contribution in [3.05, 3.63) is 59.1 Å². The van der Waals surface area contributed by atoms with Gasteiger partial charge in [-0.1, -0.05) is 12.1 Å². The van der Waals surface area contributed by atoms with E-state index >= 15 is 0 Å². The van der Waals surface area contributed by atoms with Gasteiger partial charge in [-0.3, -0.25) is 9.48 Å². The predicted molar refractivity (Wildman–Crippen MR) is 99.5 cm³/mol. The van der Waals surface area contributed by atoms with Gasteiger partial charge < -0.3 is 9.88 Å². The van der Waals surface area contributed by atoms with Crippen LogP contribution in [0.5, 0.6) is 0 Å². The molecule has 3 heterocycles. The van der Waals surface area contributed by atoms with E-state index in [1.54, 1.807) is 4.68 Å². The minimum Gasteiger partial charge on any atom is -0.351 e. The molecule has 1 aromatic carbocycles. The molecule has 2 aromatic heterocycles. The number of aromatic nitrogens is 3. The third-order valence-electron chi connectivity index (χ3n) is 5.09. The Labute approximate surface area is 146 Å². The third-order valence-corrected chi connectivity index (χ3v) is 5.09. The van der Waals surface area contributed by atoms with Crippen LogP contribution in [-0.4, -0.2) is 38.7 Å². The summed E-state index contributed by atoms with van der Waals surface area (Å²) in [5, 5.41) is 5.36. The van der Waals surface area contributed by atoms with Crippen LogP contribution in [0.3, 0.4) is 0 Å². The molecule has 0 spiro atoms. The standard InChI is InChI=1S/C20H22N4O/c1-13-6-7-18-17(14(13)2)9-19(22-18)20(25)24-8-4-5-15(12-24)16-10-21-23(3)11-16/h5-7,9-11,22H,4,8,12H2,1-3H3. The largest absolute Gasteiger partial charge is 0.351 e. The van der Waals surface area contributed by atoms with Crippen molar-refractivity contribution in [1.29, 1.82) is 0 Å². The van der Waals surface area contributed by atoms with Crippen LogP contribution in [0.4, 0.5) is 0 Å². The number of nitrogens with zero attached hydrogens (tertiary/aromatic N) is 3. The molecule has 0 unspecified atom stereocenters. The third kappa shape index (κ3) is 2.76.